The van der Waals surface area contributed by atoms with Crippen molar-refractivity contribution in [3.8, 4) is 5.75 Å². The van der Waals surface area contributed by atoms with Crippen molar-refractivity contribution in [3.05, 3.63) is 36.4 Å². The van der Waals surface area contributed by atoms with Gasteiger partial charge in [-0.15, -0.1) is 0 Å². The number of hydrogen-bond donors (Lipinski definition) is 0. The number of ether oxygens (including phenoxy) is 1. The number of hydrogen-bond acceptors (Lipinski definition) is 1. The molecule has 1 heteroatoms. The zero-order chi connectivity index (χ0) is 10.6. The smallest absolute Gasteiger partial charge is 0.119 e. The second kappa shape index (κ2) is 4.85. The molecule has 0 heterocycles. The lowest BCUT2D eigenvalue weighted by molar-refractivity contribution is 0.271. The third-order valence-corrected chi connectivity index (χ3v) is 1.93. The first kappa shape index (κ1) is 10.8. The largest absolute Gasteiger partial charge is 0.493 e. The molecule has 1 rings (SSSR count). The highest BCUT2D eigenvalue weighted by Crippen LogP contribution is 2.17. The van der Waals surface area contributed by atoms with Crippen molar-refractivity contribution in [2.24, 2.45) is 5.92 Å². The van der Waals surface area contributed by atoms with Crippen LogP contribution in [0.25, 0.3) is 5.57 Å². The van der Waals surface area contributed by atoms with Gasteiger partial charge in [0.15, 0.2) is 0 Å². The Bertz CT molecular complexity index is 296. The zero-order valence-electron chi connectivity index (χ0n) is 9.21. The second-order valence-electron chi connectivity index (χ2n) is 4.01. The molecule has 0 spiro atoms. The molecule has 0 aromatic heterocycles. The lowest BCUT2D eigenvalue weighted by atomic mass is 10.1. The van der Waals surface area contributed by atoms with Gasteiger partial charge >= 0.3 is 0 Å². The summed E-state index contributed by atoms with van der Waals surface area (Å²) in [5.41, 5.74) is 2.25. The van der Waals surface area contributed by atoms with Crippen molar-refractivity contribution < 1.29 is 4.74 Å². The van der Waals surface area contributed by atoms with Crippen LogP contribution < -0.4 is 4.74 Å². The summed E-state index contributed by atoms with van der Waals surface area (Å²) in [5.74, 6) is 1.50. The second-order valence-corrected chi connectivity index (χ2v) is 4.01. The summed E-state index contributed by atoms with van der Waals surface area (Å²) < 4.78 is 5.57. The predicted octanol–water partition coefficient (Wildman–Crippen LogP) is 3.75. The Morgan fingerprint density at radius 3 is 2.29 bits per heavy atom. The van der Waals surface area contributed by atoms with E-state index >= 15 is 0 Å². The van der Waals surface area contributed by atoms with Crippen LogP contribution in [-0.4, -0.2) is 6.61 Å². The third kappa shape index (κ3) is 3.25. The van der Waals surface area contributed by atoms with Gasteiger partial charge < -0.3 is 4.74 Å². The van der Waals surface area contributed by atoms with Gasteiger partial charge in [0.25, 0.3) is 0 Å². The van der Waals surface area contributed by atoms with Crippen molar-refractivity contribution in [1.82, 2.24) is 0 Å². The lowest BCUT2D eigenvalue weighted by Crippen LogP contribution is -2.04. The van der Waals surface area contributed by atoms with Gasteiger partial charge in [0.1, 0.15) is 5.75 Å². The van der Waals surface area contributed by atoms with E-state index in [0.29, 0.717) is 5.92 Å². The van der Waals surface area contributed by atoms with E-state index < -0.39 is 0 Å². The third-order valence-electron chi connectivity index (χ3n) is 1.93. The summed E-state index contributed by atoms with van der Waals surface area (Å²) in [7, 11) is 0. The zero-order valence-corrected chi connectivity index (χ0v) is 9.21. The molecule has 0 amide bonds. The van der Waals surface area contributed by atoms with Gasteiger partial charge in [-0.3, -0.25) is 0 Å². The standard InChI is InChI=1S/C13H18O/c1-10(2)9-14-13-7-5-12(6-8-13)11(3)4/h5-8,10H,3,9H2,1-2,4H3. The maximum atomic E-state index is 5.57. The molecule has 0 saturated carbocycles. The van der Waals surface area contributed by atoms with Gasteiger partial charge in [0.2, 0.25) is 0 Å². The van der Waals surface area contributed by atoms with E-state index in [4.69, 9.17) is 4.74 Å². The van der Waals surface area contributed by atoms with Crippen molar-refractivity contribution in [2.75, 3.05) is 6.61 Å². The van der Waals surface area contributed by atoms with Crippen LogP contribution in [0, 0.1) is 5.92 Å². The molecule has 0 N–H and O–H groups in total. The lowest BCUT2D eigenvalue weighted by Gasteiger charge is -2.09. The summed E-state index contributed by atoms with van der Waals surface area (Å²) in [6, 6.07) is 8.06. The van der Waals surface area contributed by atoms with Gasteiger partial charge in [-0.1, -0.05) is 38.1 Å². The summed E-state index contributed by atoms with van der Waals surface area (Å²) in [6.07, 6.45) is 0. The number of rotatable bonds is 4. The maximum absolute atomic E-state index is 5.57. The molecule has 0 saturated heterocycles. The van der Waals surface area contributed by atoms with Crippen LogP contribution in [0.4, 0.5) is 0 Å². The van der Waals surface area contributed by atoms with E-state index in [1.807, 2.05) is 31.2 Å². The van der Waals surface area contributed by atoms with Crippen molar-refractivity contribution >= 4 is 5.57 Å². The van der Waals surface area contributed by atoms with Gasteiger partial charge in [-0.05, 0) is 30.5 Å². The van der Waals surface area contributed by atoms with E-state index in [1.165, 1.54) is 5.56 Å². The average Bonchev–Trinajstić information content (AvgIpc) is 2.15. The molecule has 0 bridgehead atoms. The Labute approximate surface area is 86.4 Å². The highest BCUT2D eigenvalue weighted by atomic mass is 16.5. The molecule has 0 fully saturated rings. The van der Waals surface area contributed by atoms with Gasteiger partial charge in [0, 0.05) is 0 Å². The number of allylic oxidation sites excluding steroid dienone is 1. The first-order valence-electron chi connectivity index (χ1n) is 4.98. The molecular formula is C13H18O. The van der Waals surface area contributed by atoms with E-state index in [1.54, 1.807) is 0 Å². The van der Waals surface area contributed by atoms with Crippen LogP contribution in [0.2, 0.25) is 0 Å². The summed E-state index contributed by atoms with van der Waals surface area (Å²) in [4.78, 5) is 0. The molecule has 1 aromatic carbocycles. The van der Waals surface area contributed by atoms with Crippen LogP contribution in [0.1, 0.15) is 26.3 Å². The Morgan fingerprint density at radius 2 is 1.86 bits per heavy atom. The molecular weight excluding hydrogens is 172 g/mol. The SMILES string of the molecule is C=C(C)c1ccc(OCC(C)C)cc1. The molecule has 0 unspecified atom stereocenters. The highest BCUT2D eigenvalue weighted by Gasteiger charge is 1.97. The quantitative estimate of drug-likeness (QED) is 0.702. The van der Waals surface area contributed by atoms with Crippen LogP contribution >= 0.6 is 0 Å². The molecule has 76 valence electrons. The van der Waals surface area contributed by atoms with E-state index in [-0.39, 0.29) is 0 Å². The van der Waals surface area contributed by atoms with Crippen molar-refractivity contribution in [2.45, 2.75) is 20.8 Å². The molecule has 0 aliphatic carbocycles. The minimum Gasteiger partial charge on any atom is -0.493 e. The van der Waals surface area contributed by atoms with E-state index in [9.17, 15) is 0 Å². The van der Waals surface area contributed by atoms with Crippen LogP contribution in [0.5, 0.6) is 5.75 Å². The van der Waals surface area contributed by atoms with Crippen molar-refractivity contribution in [1.29, 1.82) is 0 Å². The Morgan fingerprint density at radius 1 is 1.29 bits per heavy atom. The minimum absolute atomic E-state index is 0.566. The average molecular weight is 190 g/mol. The first-order chi connectivity index (χ1) is 6.59. The van der Waals surface area contributed by atoms with Crippen LogP contribution in [-0.2, 0) is 0 Å². The normalized spacial score (nSPS) is 10.3. The molecule has 0 atom stereocenters. The Hall–Kier alpha value is -1.24. The predicted molar refractivity (Wildman–Crippen MR) is 61.5 cm³/mol. The topological polar surface area (TPSA) is 9.23 Å². The van der Waals surface area contributed by atoms with E-state index in [2.05, 4.69) is 20.4 Å². The van der Waals surface area contributed by atoms with Crippen molar-refractivity contribution in [3.63, 3.8) is 0 Å². The van der Waals surface area contributed by atoms with Crippen LogP contribution in [0.15, 0.2) is 30.8 Å². The summed E-state index contributed by atoms with van der Waals surface area (Å²) in [6.45, 7) is 10.9. The summed E-state index contributed by atoms with van der Waals surface area (Å²) in [5, 5.41) is 0. The Balaban J connectivity index is 2.60. The minimum atomic E-state index is 0.566. The molecule has 1 nitrogen and oxygen atoms in total. The molecule has 0 radical (unpaired) electrons. The van der Waals surface area contributed by atoms with Gasteiger partial charge in [-0.25, -0.2) is 0 Å². The fourth-order valence-electron chi connectivity index (χ4n) is 1.10. The maximum Gasteiger partial charge on any atom is 0.119 e. The first-order valence-corrected chi connectivity index (χ1v) is 4.98. The van der Waals surface area contributed by atoms with Gasteiger partial charge in [0.05, 0.1) is 6.61 Å². The number of benzene rings is 1. The summed E-state index contributed by atoms with van der Waals surface area (Å²) >= 11 is 0. The van der Waals surface area contributed by atoms with E-state index in [0.717, 1.165) is 17.9 Å². The Kier molecular flexibility index (Phi) is 3.75. The molecule has 0 aliphatic heterocycles. The molecule has 14 heavy (non-hydrogen) atoms. The molecule has 0 aliphatic rings. The highest BCUT2D eigenvalue weighted by molar-refractivity contribution is 5.61. The monoisotopic (exact) mass is 190 g/mol. The molecule has 1 aromatic rings. The van der Waals surface area contributed by atoms with Gasteiger partial charge in [-0.2, -0.15) is 0 Å². The fourth-order valence-corrected chi connectivity index (χ4v) is 1.10. The fraction of sp³-hybridized carbons (Fsp3) is 0.385. The van der Waals surface area contributed by atoms with Crippen LogP contribution in [0.3, 0.4) is 0 Å².